The average molecular weight is 148 g/mol. The smallest absolute Gasteiger partial charge is 0.0313 e. The second kappa shape index (κ2) is 5.96. The van der Waals surface area contributed by atoms with Crippen molar-refractivity contribution in [2.45, 2.75) is 32.1 Å². The SMILES string of the molecule is C1=CCCCC=CCC/C=C/1. The second-order valence-corrected chi connectivity index (χ2v) is 2.84. The Morgan fingerprint density at radius 1 is 0.545 bits per heavy atom. The van der Waals surface area contributed by atoms with Gasteiger partial charge in [0.05, 0.1) is 0 Å². The third kappa shape index (κ3) is 4.60. The van der Waals surface area contributed by atoms with E-state index in [9.17, 15) is 0 Å². The molecule has 0 heteroatoms. The molecule has 1 aliphatic rings. The Morgan fingerprint density at radius 3 is 2.00 bits per heavy atom. The number of allylic oxidation sites excluding steroid dienone is 6. The molecule has 0 aromatic heterocycles. The number of hydrogen-bond acceptors (Lipinski definition) is 0. The molecule has 0 nitrogen and oxygen atoms in total. The van der Waals surface area contributed by atoms with Crippen LogP contribution in [0.15, 0.2) is 36.5 Å². The van der Waals surface area contributed by atoms with Crippen LogP contribution in [0.5, 0.6) is 0 Å². The van der Waals surface area contributed by atoms with Gasteiger partial charge < -0.3 is 0 Å². The maximum absolute atomic E-state index is 2.30. The summed E-state index contributed by atoms with van der Waals surface area (Å²) >= 11 is 0. The highest BCUT2D eigenvalue weighted by Crippen LogP contribution is 2.02. The van der Waals surface area contributed by atoms with Gasteiger partial charge in [0.2, 0.25) is 0 Å². The Balaban J connectivity index is 2.34. The van der Waals surface area contributed by atoms with Crippen molar-refractivity contribution in [3.8, 4) is 0 Å². The van der Waals surface area contributed by atoms with E-state index in [-0.39, 0.29) is 0 Å². The monoisotopic (exact) mass is 148 g/mol. The molecule has 11 heavy (non-hydrogen) atoms. The van der Waals surface area contributed by atoms with Crippen LogP contribution in [0, 0.1) is 0 Å². The first-order chi connectivity index (χ1) is 5.50. The molecule has 0 N–H and O–H groups in total. The van der Waals surface area contributed by atoms with E-state index in [0.29, 0.717) is 0 Å². The Labute approximate surface area is 69.3 Å². The summed E-state index contributed by atoms with van der Waals surface area (Å²) in [5.41, 5.74) is 0. The predicted octanol–water partition coefficient (Wildman–Crippen LogP) is 3.62. The summed E-state index contributed by atoms with van der Waals surface area (Å²) in [7, 11) is 0. The molecule has 0 aromatic carbocycles. The molecule has 0 fully saturated rings. The molecule has 0 heterocycles. The first-order valence-electron chi connectivity index (χ1n) is 4.47. The van der Waals surface area contributed by atoms with Gasteiger partial charge in [-0.25, -0.2) is 0 Å². The molecule has 0 bridgehead atoms. The molecule has 0 atom stereocenters. The van der Waals surface area contributed by atoms with Gasteiger partial charge in [-0.05, 0) is 32.1 Å². The summed E-state index contributed by atoms with van der Waals surface area (Å²) in [6.07, 6.45) is 19.5. The minimum atomic E-state index is 1.18. The minimum Gasteiger partial charge on any atom is -0.0885 e. The van der Waals surface area contributed by atoms with Crippen LogP contribution in [0.2, 0.25) is 0 Å². The van der Waals surface area contributed by atoms with Crippen LogP contribution in [0.1, 0.15) is 32.1 Å². The lowest BCUT2D eigenvalue weighted by Gasteiger charge is -1.88. The van der Waals surface area contributed by atoms with Gasteiger partial charge in [0.25, 0.3) is 0 Å². The van der Waals surface area contributed by atoms with Crippen molar-refractivity contribution >= 4 is 0 Å². The normalized spacial score (nSPS) is 22.5. The van der Waals surface area contributed by atoms with Gasteiger partial charge in [-0.1, -0.05) is 36.5 Å². The summed E-state index contributed by atoms with van der Waals surface area (Å²) in [4.78, 5) is 0. The fourth-order valence-electron chi connectivity index (χ4n) is 1.13. The lowest BCUT2D eigenvalue weighted by Crippen LogP contribution is -1.68. The fraction of sp³-hybridized carbons (Fsp3) is 0.455. The van der Waals surface area contributed by atoms with Crippen molar-refractivity contribution < 1.29 is 0 Å². The largest absolute Gasteiger partial charge is 0.0885 e. The highest BCUT2D eigenvalue weighted by Gasteiger charge is 1.82. The van der Waals surface area contributed by atoms with E-state index in [4.69, 9.17) is 0 Å². The highest BCUT2D eigenvalue weighted by atomic mass is 13.9. The third-order valence-corrected chi connectivity index (χ3v) is 1.79. The Hall–Kier alpha value is -0.780. The fourth-order valence-corrected chi connectivity index (χ4v) is 1.13. The molecule has 0 aromatic rings. The van der Waals surface area contributed by atoms with E-state index >= 15 is 0 Å². The first kappa shape index (κ1) is 8.32. The summed E-state index contributed by atoms with van der Waals surface area (Å²) in [6, 6.07) is 0. The van der Waals surface area contributed by atoms with Gasteiger partial charge in [0.15, 0.2) is 0 Å². The third-order valence-electron chi connectivity index (χ3n) is 1.79. The summed E-state index contributed by atoms with van der Waals surface area (Å²) < 4.78 is 0. The maximum atomic E-state index is 2.30. The van der Waals surface area contributed by atoms with E-state index in [1.807, 2.05) is 0 Å². The van der Waals surface area contributed by atoms with Gasteiger partial charge in [0.1, 0.15) is 0 Å². The second-order valence-electron chi connectivity index (χ2n) is 2.84. The molecule has 0 saturated heterocycles. The molecule has 0 amide bonds. The van der Waals surface area contributed by atoms with Crippen LogP contribution in [0.3, 0.4) is 0 Å². The van der Waals surface area contributed by atoms with Crippen LogP contribution >= 0.6 is 0 Å². The molecular weight excluding hydrogens is 132 g/mol. The average Bonchev–Trinajstić information content (AvgIpc) is 2.08. The van der Waals surface area contributed by atoms with Gasteiger partial charge in [-0.15, -0.1) is 0 Å². The quantitative estimate of drug-likeness (QED) is 0.460. The predicted molar refractivity (Wildman–Crippen MR) is 50.5 cm³/mol. The van der Waals surface area contributed by atoms with E-state index in [2.05, 4.69) is 36.5 Å². The van der Waals surface area contributed by atoms with Crippen LogP contribution < -0.4 is 0 Å². The molecule has 0 saturated carbocycles. The zero-order valence-electron chi connectivity index (χ0n) is 7.00. The molecular formula is C11H16. The summed E-state index contributed by atoms with van der Waals surface area (Å²) in [5.74, 6) is 0. The standard InChI is InChI=1S/C11H16/c1-2-4-6-8-10-11-9-7-5-3-1/h1-4,9,11H,5-8,10H2/b3-1+,4-2?,11-9?. The van der Waals surface area contributed by atoms with Crippen molar-refractivity contribution in [1.29, 1.82) is 0 Å². The maximum Gasteiger partial charge on any atom is -0.0313 e. The van der Waals surface area contributed by atoms with Crippen LogP contribution in [0.4, 0.5) is 0 Å². The number of hydrogen-bond donors (Lipinski definition) is 0. The lowest BCUT2D eigenvalue weighted by molar-refractivity contribution is 0.864. The van der Waals surface area contributed by atoms with Gasteiger partial charge in [-0.2, -0.15) is 0 Å². The molecule has 0 radical (unpaired) electrons. The topological polar surface area (TPSA) is 0 Å². The molecule has 1 aliphatic carbocycles. The molecule has 0 unspecified atom stereocenters. The van der Waals surface area contributed by atoms with E-state index in [1.54, 1.807) is 0 Å². The van der Waals surface area contributed by atoms with Crippen molar-refractivity contribution in [3.63, 3.8) is 0 Å². The minimum absolute atomic E-state index is 1.18. The Morgan fingerprint density at radius 2 is 1.09 bits per heavy atom. The van der Waals surface area contributed by atoms with Crippen molar-refractivity contribution in [2.75, 3.05) is 0 Å². The van der Waals surface area contributed by atoms with Crippen molar-refractivity contribution in [3.05, 3.63) is 36.5 Å². The van der Waals surface area contributed by atoms with E-state index in [1.165, 1.54) is 32.1 Å². The highest BCUT2D eigenvalue weighted by molar-refractivity contribution is 5.03. The Bertz CT molecular complexity index is 161. The van der Waals surface area contributed by atoms with Gasteiger partial charge >= 0.3 is 0 Å². The summed E-state index contributed by atoms with van der Waals surface area (Å²) in [5, 5.41) is 0. The van der Waals surface area contributed by atoms with Gasteiger partial charge in [0, 0.05) is 0 Å². The number of rotatable bonds is 0. The zero-order chi connectivity index (χ0) is 7.78. The Kier molecular flexibility index (Phi) is 4.51. The van der Waals surface area contributed by atoms with Crippen LogP contribution in [-0.4, -0.2) is 0 Å². The van der Waals surface area contributed by atoms with Crippen LogP contribution in [-0.2, 0) is 0 Å². The zero-order valence-corrected chi connectivity index (χ0v) is 7.00. The van der Waals surface area contributed by atoms with Gasteiger partial charge in [-0.3, -0.25) is 0 Å². The van der Waals surface area contributed by atoms with Crippen molar-refractivity contribution in [1.82, 2.24) is 0 Å². The van der Waals surface area contributed by atoms with E-state index in [0.717, 1.165) is 0 Å². The van der Waals surface area contributed by atoms with Crippen molar-refractivity contribution in [2.24, 2.45) is 0 Å². The lowest BCUT2D eigenvalue weighted by atomic mass is 10.2. The molecule has 0 aliphatic heterocycles. The molecule has 1 rings (SSSR count). The molecule has 0 spiro atoms. The molecule has 60 valence electrons. The van der Waals surface area contributed by atoms with E-state index < -0.39 is 0 Å². The first-order valence-corrected chi connectivity index (χ1v) is 4.47. The van der Waals surface area contributed by atoms with Crippen LogP contribution in [0.25, 0.3) is 0 Å². The summed E-state index contributed by atoms with van der Waals surface area (Å²) in [6.45, 7) is 0.